The number of hydrogen-bond acceptors (Lipinski definition) is 5. The van der Waals surface area contributed by atoms with Gasteiger partial charge in [0.15, 0.2) is 0 Å². The van der Waals surface area contributed by atoms with Crippen molar-refractivity contribution in [3.8, 4) is 0 Å². The number of nitrogens with zero attached hydrogens (tertiary/aromatic N) is 1. The molecule has 1 heterocycles. The minimum Gasteiger partial charge on any atom is -0.396 e. The third-order valence-corrected chi connectivity index (χ3v) is 3.43. The largest absolute Gasteiger partial charge is 0.396 e. The van der Waals surface area contributed by atoms with Crippen LogP contribution in [0.5, 0.6) is 0 Å². The first-order chi connectivity index (χ1) is 12.1. The number of nitrogens with one attached hydrogen (secondary N) is 4. The van der Waals surface area contributed by atoms with Crippen LogP contribution in [0.4, 0.5) is 17.3 Å². The van der Waals surface area contributed by atoms with Crippen molar-refractivity contribution in [1.29, 1.82) is 0 Å². The zero-order valence-corrected chi connectivity index (χ0v) is 13.1. The third kappa shape index (κ3) is 3.75. The van der Waals surface area contributed by atoms with Gasteiger partial charge in [-0.25, -0.2) is 4.98 Å². The van der Waals surface area contributed by atoms with E-state index in [0.29, 0.717) is 17.2 Å². The lowest BCUT2D eigenvalue weighted by molar-refractivity contribution is 0.0962. The number of hydrazine groups is 1. The number of aromatic amines is 1. The van der Waals surface area contributed by atoms with E-state index < -0.39 is 5.91 Å². The second kappa shape index (κ2) is 7.18. The van der Waals surface area contributed by atoms with Gasteiger partial charge in [0.2, 0.25) is 5.95 Å². The highest BCUT2D eigenvalue weighted by atomic mass is 16.2. The van der Waals surface area contributed by atoms with Gasteiger partial charge < -0.3 is 10.7 Å². The van der Waals surface area contributed by atoms with E-state index in [1.54, 1.807) is 48.7 Å². The number of hydrogen-bond donors (Lipinski definition) is 5. The fraction of sp³-hybridized carbons (Fsp3) is 0. The fourth-order valence-corrected chi connectivity index (χ4v) is 2.17. The van der Waals surface area contributed by atoms with E-state index in [9.17, 15) is 9.59 Å². The van der Waals surface area contributed by atoms with Crippen molar-refractivity contribution >= 4 is 29.1 Å². The van der Waals surface area contributed by atoms with Crippen LogP contribution in [-0.4, -0.2) is 21.8 Å². The van der Waals surface area contributed by atoms with Gasteiger partial charge in [0, 0.05) is 18.0 Å². The number of para-hydroxylation sites is 1. The standard InChI is InChI=1S/C17H16N6O2/c18-14-12(16(25)21-17-19-9-10-20-17)7-4-8-13(14)22-23-15(24)11-5-2-1-3-6-11/h1-10,22H,18H2,(H,23,24)(H2,19,20,21,25). The molecule has 0 saturated heterocycles. The molecule has 0 fully saturated rings. The Balaban J connectivity index is 1.70. The Morgan fingerprint density at radius 1 is 1.00 bits per heavy atom. The van der Waals surface area contributed by atoms with Gasteiger partial charge in [-0.1, -0.05) is 24.3 Å². The number of amides is 2. The molecular formula is C17H16N6O2. The van der Waals surface area contributed by atoms with Crippen LogP contribution in [0.25, 0.3) is 0 Å². The molecule has 0 unspecified atom stereocenters. The highest BCUT2D eigenvalue weighted by Gasteiger charge is 2.14. The van der Waals surface area contributed by atoms with Crippen LogP contribution in [0.1, 0.15) is 20.7 Å². The summed E-state index contributed by atoms with van der Waals surface area (Å²) in [5.41, 5.74) is 12.7. The van der Waals surface area contributed by atoms with E-state index in [2.05, 4.69) is 26.1 Å². The number of aromatic nitrogens is 2. The van der Waals surface area contributed by atoms with E-state index in [0.717, 1.165) is 0 Å². The van der Waals surface area contributed by atoms with E-state index >= 15 is 0 Å². The Hall–Kier alpha value is -3.81. The molecule has 8 heteroatoms. The summed E-state index contributed by atoms with van der Waals surface area (Å²) in [6, 6.07) is 13.6. The fourth-order valence-electron chi connectivity index (χ4n) is 2.17. The topological polar surface area (TPSA) is 125 Å². The molecule has 0 aliphatic heterocycles. The lowest BCUT2D eigenvalue weighted by Crippen LogP contribution is -2.30. The molecule has 1 aromatic heterocycles. The van der Waals surface area contributed by atoms with Gasteiger partial charge in [0.05, 0.1) is 16.9 Å². The molecule has 0 saturated carbocycles. The van der Waals surface area contributed by atoms with E-state index in [1.807, 2.05) is 6.07 Å². The maximum atomic E-state index is 12.3. The van der Waals surface area contributed by atoms with Crippen LogP contribution in [-0.2, 0) is 0 Å². The lowest BCUT2D eigenvalue weighted by atomic mass is 10.1. The van der Waals surface area contributed by atoms with Gasteiger partial charge >= 0.3 is 0 Å². The first-order valence-electron chi connectivity index (χ1n) is 7.46. The van der Waals surface area contributed by atoms with Crippen LogP contribution in [0.3, 0.4) is 0 Å². The molecule has 3 aromatic rings. The van der Waals surface area contributed by atoms with Gasteiger partial charge in [-0.15, -0.1) is 0 Å². The van der Waals surface area contributed by atoms with Gasteiger partial charge in [-0.2, -0.15) is 0 Å². The van der Waals surface area contributed by atoms with Gasteiger partial charge in [0.1, 0.15) is 0 Å². The maximum absolute atomic E-state index is 12.3. The zero-order valence-electron chi connectivity index (χ0n) is 13.1. The molecule has 0 bridgehead atoms. The minimum atomic E-state index is -0.412. The number of H-pyrrole nitrogens is 1. The Bertz CT molecular complexity index is 877. The number of nitrogens with two attached hydrogens (primary N) is 1. The predicted octanol–water partition coefficient (Wildman–Crippen LogP) is 2.00. The van der Waals surface area contributed by atoms with Crippen molar-refractivity contribution in [2.24, 2.45) is 0 Å². The first kappa shape index (κ1) is 16.1. The van der Waals surface area contributed by atoms with Crippen LogP contribution in [0, 0.1) is 0 Å². The van der Waals surface area contributed by atoms with E-state index in [4.69, 9.17) is 5.73 Å². The summed E-state index contributed by atoms with van der Waals surface area (Å²) < 4.78 is 0. The highest BCUT2D eigenvalue weighted by molar-refractivity contribution is 6.08. The normalized spacial score (nSPS) is 10.1. The molecule has 2 amide bonds. The monoisotopic (exact) mass is 336 g/mol. The summed E-state index contributed by atoms with van der Waals surface area (Å²) in [4.78, 5) is 31.0. The summed E-state index contributed by atoms with van der Waals surface area (Å²) in [6.45, 7) is 0. The minimum absolute atomic E-state index is 0.208. The average Bonchev–Trinajstić information content (AvgIpc) is 3.14. The molecule has 3 rings (SSSR count). The number of anilines is 3. The van der Waals surface area contributed by atoms with Gasteiger partial charge in [-0.3, -0.25) is 25.8 Å². The molecule has 25 heavy (non-hydrogen) atoms. The molecule has 2 aromatic carbocycles. The van der Waals surface area contributed by atoms with Crippen molar-refractivity contribution in [2.45, 2.75) is 0 Å². The van der Waals surface area contributed by atoms with Crippen LogP contribution in [0.2, 0.25) is 0 Å². The highest BCUT2D eigenvalue weighted by Crippen LogP contribution is 2.22. The Morgan fingerprint density at radius 3 is 2.52 bits per heavy atom. The Morgan fingerprint density at radius 2 is 1.80 bits per heavy atom. The molecule has 0 aliphatic carbocycles. The Labute approximate surface area is 143 Å². The van der Waals surface area contributed by atoms with Gasteiger partial charge in [-0.05, 0) is 24.3 Å². The summed E-state index contributed by atoms with van der Waals surface area (Å²) in [5.74, 6) is -0.406. The molecular weight excluding hydrogens is 320 g/mol. The SMILES string of the molecule is Nc1c(NNC(=O)c2ccccc2)cccc1C(=O)Nc1ncc[nH]1. The molecule has 0 aliphatic rings. The summed E-state index contributed by atoms with van der Waals surface area (Å²) in [5, 5.41) is 2.60. The molecule has 0 atom stereocenters. The molecule has 0 radical (unpaired) electrons. The first-order valence-corrected chi connectivity index (χ1v) is 7.46. The van der Waals surface area contributed by atoms with Crippen molar-refractivity contribution in [3.63, 3.8) is 0 Å². The summed E-state index contributed by atoms with van der Waals surface area (Å²) in [6.07, 6.45) is 3.12. The molecule has 8 nitrogen and oxygen atoms in total. The number of rotatable bonds is 5. The number of imidazole rings is 1. The van der Waals surface area contributed by atoms with E-state index in [-0.39, 0.29) is 17.2 Å². The number of nitrogen functional groups attached to an aromatic ring is 1. The molecule has 126 valence electrons. The third-order valence-electron chi connectivity index (χ3n) is 3.43. The van der Waals surface area contributed by atoms with Crippen LogP contribution in [0.15, 0.2) is 60.9 Å². The van der Waals surface area contributed by atoms with Crippen molar-refractivity contribution < 1.29 is 9.59 Å². The number of benzene rings is 2. The second-order valence-corrected chi connectivity index (χ2v) is 5.10. The summed E-state index contributed by atoms with van der Waals surface area (Å²) >= 11 is 0. The Kier molecular flexibility index (Phi) is 4.61. The van der Waals surface area contributed by atoms with Crippen molar-refractivity contribution in [3.05, 3.63) is 72.1 Å². The smallest absolute Gasteiger partial charge is 0.269 e. The summed E-state index contributed by atoms with van der Waals surface area (Å²) in [7, 11) is 0. The number of carbonyl (C=O) groups is 2. The van der Waals surface area contributed by atoms with Crippen LogP contribution < -0.4 is 21.9 Å². The molecule has 0 spiro atoms. The zero-order chi connectivity index (χ0) is 17.6. The quantitative estimate of drug-likeness (QED) is 0.360. The van der Waals surface area contributed by atoms with Crippen molar-refractivity contribution in [2.75, 3.05) is 16.5 Å². The average molecular weight is 336 g/mol. The predicted molar refractivity (Wildman–Crippen MR) is 94.9 cm³/mol. The van der Waals surface area contributed by atoms with Crippen molar-refractivity contribution in [1.82, 2.24) is 15.4 Å². The second-order valence-electron chi connectivity index (χ2n) is 5.10. The van der Waals surface area contributed by atoms with Crippen LogP contribution >= 0.6 is 0 Å². The number of carbonyl (C=O) groups excluding carboxylic acids is 2. The van der Waals surface area contributed by atoms with E-state index in [1.165, 1.54) is 6.20 Å². The maximum Gasteiger partial charge on any atom is 0.269 e. The molecule has 6 N–H and O–H groups in total. The lowest BCUT2D eigenvalue weighted by Gasteiger charge is -2.13. The van der Waals surface area contributed by atoms with Gasteiger partial charge in [0.25, 0.3) is 11.8 Å².